The summed E-state index contributed by atoms with van der Waals surface area (Å²) in [6.07, 6.45) is -0.660. The number of aliphatic hydroxyl groups excluding tert-OH is 2. The number of fused-ring (bicyclic) bond motifs is 1. The van der Waals surface area contributed by atoms with Gasteiger partial charge in [-0.2, -0.15) is 0 Å². The van der Waals surface area contributed by atoms with Crippen LogP contribution in [0.2, 0.25) is 0 Å². The highest BCUT2D eigenvalue weighted by atomic mass is 31.2. The first-order valence-electron chi connectivity index (χ1n) is 14.0. The summed E-state index contributed by atoms with van der Waals surface area (Å²) < 4.78 is 25.7. The Morgan fingerprint density at radius 3 is 2.64 bits per heavy atom. The molecule has 3 aromatic heterocycles. The monoisotopic (exact) mass is 643 g/mol. The third kappa shape index (κ3) is 6.56. The number of aryl methyl sites for hydroxylation is 1. The molecule has 5 heterocycles. The number of hydrogen-bond acceptors (Lipinski definition) is 13. The molecule has 45 heavy (non-hydrogen) atoms. The van der Waals surface area contributed by atoms with Crippen molar-refractivity contribution >= 4 is 31.5 Å². The number of H-pyrrole nitrogens is 1. The number of ether oxygens (including phenoxy) is 2. The minimum absolute atomic E-state index is 0.0639. The van der Waals surface area contributed by atoms with Gasteiger partial charge < -0.3 is 38.9 Å². The van der Waals surface area contributed by atoms with Gasteiger partial charge in [0, 0.05) is 30.2 Å². The van der Waals surface area contributed by atoms with Crippen LogP contribution >= 0.6 is 8.60 Å². The number of aliphatic hydroxyl groups is 2. The summed E-state index contributed by atoms with van der Waals surface area (Å²) in [5.41, 5.74) is 0.274. The Kier molecular flexibility index (Phi) is 9.11. The zero-order chi connectivity index (χ0) is 31.7. The van der Waals surface area contributed by atoms with Crippen LogP contribution in [0.25, 0.3) is 11.2 Å². The van der Waals surface area contributed by atoms with Crippen LogP contribution in [0.1, 0.15) is 41.2 Å². The summed E-state index contributed by atoms with van der Waals surface area (Å²) in [5, 5.41) is 23.1. The van der Waals surface area contributed by atoms with Gasteiger partial charge in [0.15, 0.2) is 17.0 Å². The molecule has 0 bridgehead atoms. The van der Waals surface area contributed by atoms with Crippen LogP contribution < -0.4 is 16.6 Å². The normalized spacial score (nSPS) is 25.5. The largest absolute Gasteiger partial charge is 0.394 e. The molecule has 0 radical (unpaired) electrons. The maximum Gasteiger partial charge on any atom is 0.330 e. The molecule has 0 spiro atoms. The van der Waals surface area contributed by atoms with E-state index < -0.39 is 63.3 Å². The lowest BCUT2D eigenvalue weighted by Crippen LogP contribution is -2.33. The van der Waals surface area contributed by atoms with E-state index in [1.54, 1.807) is 41.8 Å². The number of imidazole rings is 1. The van der Waals surface area contributed by atoms with E-state index >= 15 is 0 Å². The molecule has 4 aromatic rings. The number of anilines is 1. The van der Waals surface area contributed by atoms with Crippen LogP contribution in [-0.4, -0.2) is 87.7 Å². The van der Waals surface area contributed by atoms with Crippen molar-refractivity contribution in [1.29, 1.82) is 0 Å². The highest BCUT2D eigenvalue weighted by Gasteiger charge is 2.41. The zero-order valence-electron chi connectivity index (χ0n) is 23.8. The molecule has 1 amide bonds. The van der Waals surface area contributed by atoms with Gasteiger partial charge in [-0.05, 0) is 19.1 Å². The average molecular weight is 644 g/mol. The molecule has 238 valence electrons. The number of rotatable bonds is 10. The topological polar surface area (TPSA) is 225 Å². The summed E-state index contributed by atoms with van der Waals surface area (Å²) in [7, 11) is -2.49. The fourth-order valence-corrected chi connectivity index (χ4v) is 5.98. The van der Waals surface area contributed by atoms with E-state index in [4.69, 9.17) is 18.5 Å². The van der Waals surface area contributed by atoms with Crippen molar-refractivity contribution in [3.63, 3.8) is 0 Å². The van der Waals surface area contributed by atoms with Gasteiger partial charge in [-0.25, -0.2) is 19.7 Å². The highest BCUT2D eigenvalue weighted by molar-refractivity contribution is 7.40. The van der Waals surface area contributed by atoms with Crippen molar-refractivity contribution in [2.75, 3.05) is 18.5 Å². The third-order valence-corrected chi connectivity index (χ3v) is 8.35. The molecule has 2 aliphatic heterocycles. The standard InChI is InChI=1S/C27H30N7O10P/c1-14-9-33(27(39)32-25(14)37)20-7-16(36)19(43-20)11-41-45(40)44-17-8-21(42-18(17)10-35)34-13-30-22-23(28-12-29-24(22)34)31-26(38)15-5-3-2-4-6-15/h2-6,9,12-13,16-21,35-36,40H,7-8,10-11H2,1H3,(H,32,37,39)(H,28,29,31,38)/t16-,17-,18+,19+,20+,21+,45?/m0/s1. The van der Waals surface area contributed by atoms with Gasteiger partial charge in [0.25, 0.3) is 11.5 Å². The Morgan fingerprint density at radius 1 is 1.11 bits per heavy atom. The molecular formula is C27H30N7O10P. The van der Waals surface area contributed by atoms with Crippen molar-refractivity contribution in [2.24, 2.45) is 0 Å². The number of nitrogens with one attached hydrogen (secondary N) is 2. The third-order valence-electron chi connectivity index (χ3n) is 7.53. The molecule has 5 N–H and O–H groups in total. The minimum atomic E-state index is -2.49. The summed E-state index contributed by atoms with van der Waals surface area (Å²) >= 11 is 0. The molecule has 1 aromatic carbocycles. The first kappa shape index (κ1) is 31.1. The smallest absolute Gasteiger partial charge is 0.330 e. The molecule has 2 aliphatic rings. The number of hydrogen-bond donors (Lipinski definition) is 5. The number of carbonyl (C=O) groups is 1. The molecule has 7 atom stereocenters. The van der Waals surface area contributed by atoms with Gasteiger partial charge in [-0.1, -0.05) is 18.2 Å². The Bertz CT molecular complexity index is 1780. The predicted molar refractivity (Wildman–Crippen MR) is 156 cm³/mol. The van der Waals surface area contributed by atoms with Crippen molar-refractivity contribution in [2.45, 2.75) is 56.6 Å². The first-order chi connectivity index (χ1) is 21.7. The van der Waals surface area contributed by atoms with E-state index in [0.717, 1.165) is 0 Å². The van der Waals surface area contributed by atoms with E-state index in [-0.39, 0.29) is 31.2 Å². The minimum Gasteiger partial charge on any atom is -0.394 e. The fraction of sp³-hybridized carbons (Fsp3) is 0.407. The van der Waals surface area contributed by atoms with Gasteiger partial charge in [0.2, 0.25) is 0 Å². The van der Waals surface area contributed by atoms with E-state index in [0.29, 0.717) is 22.3 Å². The van der Waals surface area contributed by atoms with Gasteiger partial charge in [0.1, 0.15) is 31.0 Å². The maximum atomic E-state index is 12.7. The second-order valence-corrected chi connectivity index (χ2v) is 11.4. The molecule has 0 saturated carbocycles. The van der Waals surface area contributed by atoms with Gasteiger partial charge in [0.05, 0.1) is 31.7 Å². The lowest BCUT2D eigenvalue weighted by atomic mass is 10.2. The molecule has 18 heteroatoms. The summed E-state index contributed by atoms with van der Waals surface area (Å²) in [4.78, 5) is 62.1. The lowest BCUT2D eigenvalue weighted by Gasteiger charge is -2.21. The molecule has 17 nitrogen and oxygen atoms in total. The average Bonchev–Trinajstić information content (AvgIpc) is 3.75. The zero-order valence-corrected chi connectivity index (χ0v) is 24.7. The van der Waals surface area contributed by atoms with Crippen molar-refractivity contribution in [3.8, 4) is 0 Å². The highest BCUT2D eigenvalue weighted by Crippen LogP contribution is 2.43. The van der Waals surface area contributed by atoms with Crippen LogP contribution in [-0.2, 0) is 18.5 Å². The van der Waals surface area contributed by atoms with Crippen molar-refractivity contribution in [3.05, 3.63) is 81.1 Å². The second kappa shape index (κ2) is 13.2. The van der Waals surface area contributed by atoms with Gasteiger partial charge >= 0.3 is 14.3 Å². The Labute approximate surface area is 255 Å². The van der Waals surface area contributed by atoms with Crippen LogP contribution in [0.4, 0.5) is 5.82 Å². The predicted octanol–water partition coefficient (Wildman–Crippen LogP) is 0.486. The number of carbonyl (C=O) groups excluding carboxylic acids is 1. The number of amides is 1. The number of nitrogens with zero attached hydrogens (tertiary/aromatic N) is 5. The Morgan fingerprint density at radius 2 is 1.87 bits per heavy atom. The number of aromatic amines is 1. The fourth-order valence-electron chi connectivity index (χ4n) is 5.19. The van der Waals surface area contributed by atoms with E-state index in [9.17, 15) is 29.5 Å². The van der Waals surface area contributed by atoms with Crippen molar-refractivity contribution in [1.82, 2.24) is 29.1 Å². The summed E-state index contributed by atoms with van der Waals surface area (Å²) in [6, 6.07) is 8.64. The molecule has 2 saturated heterocycles. The van der Waals surface area contributed by atoms with E-state index in [2.05, 4.69) is 25.3 Å². The summed E-state index contributed by atoms with van der Waals surface area (Å²) in [5.74, 6) is -0.151. The van der Waals surface area contributed by atoms with Gasteiger partial charge in [-0.15, -0.1) is 0 Å². The quantitative estimate of drug-likeness (QED) is 0.149. The van der Waals surface area contributed by atoms with Crippen LogP contribution in [0.5, 0.6) is 0 Å². The molecular weight excluding hydrogens is 613 g/mol. The second-order valence-electron chi connectivity index (χ2n) is 10.5. The van der Waals surface area contributed by atoms with E-state index in [1.807, 2.05) is 0 Å². The SMILES string of the molecule is Cc1cn([C@H]2C[C@H](O)[C@@H](COP(O)O[C@H]3C[C@H](n4cnc5c(NC(=O)c6ccccc6)ncnc54)O[C@@H]3CO)O2)c(=O)[nH]c1=O. The summed E-state index contributed by atoms with van der Waals surface area (Å²) in [6.45, 7) is 0.878. The first-order valence-corrected chi connectivity index (χ1v) is 15.1. The van der Waals surface area contributed by atoms with Gasteiger partial charge in [-0.3, -0.25) is 23.7 Å². The lowest BCUT2D eigenvalue weighted by molar-refractivity contribution is -0.0517. The molecule has 2 fully saturated rings. The maximum absolute atomic E-state index is 12.7. The van der Waals surface area contributed by atoms with Crippen molar-refractivity contribution < 1.29 is 38.4 Å². The molecule has 6 rings (SSSR count). The van der Waals surface area contributed by atoms with Crippen LogP contribution in [0.3, 0.4) is 0 Å². The Hall–Kier alpha value is -3.93. The molecule has 0 aliphatic carbocycles. The van der Waals surface area contributed by atoms with Crippen LogP contribution in [0.15, 0.2) is 58.8 Å². The molecule has 1 unspecified atom stereocenters. The van der Waals surface area contributed by atoms with E-state index in [1.165, 1.54) is 23.4 Å². The van der Waals surface area contributed by atoms with Crippen LogP contribution in [0, 0.1) is 6.92 Å². The number of aromatic nitrogens is 6. The Balaban J connectivity index is 1.07. The number of benzene rings is 1.